The molecule has 2 heterocycles. The molecule has 2 aliphatic rings. The summed E-state index contributed by atoms with van der Waals surface area (Å²) in [6.07, 6.45) is -6.39. The zero-order valence-electron chi connectivity index (χ0n) is 11.8. The largest absolute Gasteiger partial charge is 0.486 e. The normalized spacial score (nSPS) is 20.5. The summed E-state index contributed by atoms with van der Waals surface area (Å²) < 4.78 is 51.5. The molecular formula is C14H13F3N2O3S. The number of halogens is 3. The van der Waals surface area contributed by atoms with E-state index in [9.17, 15) is 18.3 Å². The first-order valence-electron chi connectivity index (χ1n) is 7.07. The molecule has 1 fully saturated rings. The number of ether oxygens (including phenoxy) is 2. The first-order chi connectivity index (χ1) is 10.8. The number of rotatable bonds is 2. The van der Waals surface area contributed by atoms with Gasteiger partial charge in [0.1, 0.15) is 17.9 Å². The van der Waals surface area contributed by atoms with E-state index in [1.165, 1.54) is 6.07 Å². The molecule has 124 valence electrons. The van der Waals surface area contributed by atoms with Crippen molar-refractivity contribution < 1.29 is 27.8 Å². The monoisotopic (exact) mass is 346 g/mol. The summed E-state index contributed by atoms with van der Waals surface area (Å²) in [5.41, 5.74) is 3.94. The van der Waals surface area contributed by atoms with Gasteiger partial charge in [-0.05, 0) is 18.9 Å². The molecule has 1 aromatic carbocycles. The highest BCUT2D eigenvalue weighted by Gasteiger charge is 2.67. The fourth-order valence-electron chi connectivity index (χ4n) is 2.97. The van der Waals surface area contributed by atoms with Gasteiger partial charge in [0, 0.05) is 5.56 Å². The van der Waals surface area contributed by atoms with Crippen molar-refractivity contribution in [1.29, 1.82) is 0 Å². The van der Waals surface area contributed by atoms with Gasteiger partial charge in [0.2, 0.25) is 0 Å². The number of alkyl halides is 3. The van der Waals surface area contributed by atoms with Gasteiger partial charge < -0.3 is 20.3 Å². The molecule has 5 nitrogen and oxygen atoms in total. The second-order valence-corrected chi connectivity index (χ2v) is 6.81. The quantitative estimate of drug-likeness (QED) is 0.874. The van der Waals surface area contributed by atoms with Crippen LogP contribution < -0.4 is 15.2 Å². The number of hydrogen-bond donors (Lipinski definition) is 2. The van der Waals surface area contributed by atoms with Crippen molar-refractivity contribution in [2.75, 3.05) is 18.9 Å². The van der Waals surface area contributed by atoms with E-state index in [4.69, 9.17) is 15.2 Å². The molecule has 1 aliphatic heterocycles. The van der Waals surface area contributed by atoms with Crippen LogP contribution in [0.1, 0.15) is 24.5 Å². The van der Waals surface area contributed by atoms with Crippen molar-refractivity contribution in [2.24, 2.45) is 5.41 Å². The molecule has 3 N–H and O–H groups in total. The average molecular weight is 346 g/mol. The number of nitrogen functional groups attached to an aromatic ring is 1. The molecule has 1 unspecified atom stereocenters. The Morgan fingerprint density at radius 1 is 1.30 bits per heavy atom. The minimum Gasteiger partial charge on any atom is -0.486 e. The Kier molecular flexibility index (Phi) is 2.99. The van der Waals surface area contributed by atoms with Gasteiger partial charge in [-0.3, -0.25) is 0 Å². The molecule has 2 aromatic rings. The van der Waals surface area contributed by atoms with Crippen molar-refractivity contribution in [3.63, 3.8) is 0 Å². The van der Waals surface area contributed by atoms with Crippen molar-refractivity contribution in [3.05, 3.63) is 11.6 Å². The van der Waals surface area contributed by atoms with Gasteiger partial charge in [-0.2, -0.15) is 13.2 Å². The molecule has 1 aromatic heterocycles. The fourth-order valence-corrected chi connectivity index (χ4v) is 3.82. The number of aliphatic hydroxyl groups excluding tert-OH is 1. The summed E-state index contributed by atoms with van der Waals surface area (Å²) in [5, 5.41) is 10.7. The predicted octanol–water partition coefficient (Wildman–Crippen LogP) is 3.03. The van der Waals surface area contributed by atoms with Gasteiger partial charge in [-0.15, -0.1) is 0 Å². The lowest BCUT2D eigenvalue weighted by atomic mass is 9.91. The Bertz CT molecular complexity index is 786. The lowest BCUT2D eigenvalue weighted by Crippen LogP contribution is -2.31. The van der Waals surface area contributed by atoms with Gasteiger partial charge in [0.05, 0.1) is 17.0 Å². The van der Waals surface area contributed by atoms with Crippen LogP contribution in [0.4, 0.5) is 18.3 Å². The van der Waals surface area contributed by atoms with Crippen LogP contribution >= 0.6 is 11.3 Å². The summed E-state index contributed by atoms with van der Waals surface area (Å²) in [4.78, 5) is 4.10. The van der Waals surface area contributed by atoms with E-state index in [0.717, 1.165) is 11.3 Å². The van der Waals surface area contributed by atoms with Crippen molar-refractivity contribution in [3.8, 4) is 11.5 Å². The highest BCUT2D eigenvalue weighted by Crippen LogP contribution is 2.65. The molecule has 0 saturated heterocycles. The third-order valence-corrected chi connectivity index (χ3v) is 5.28. The zero-order chi connectivity index (χ0) is 16.4. The van der Waals surface area contributed by atoms with Gasteiger partial charge >= 0.3 is 6.18 Å². The highest BCUT2D eigenvalue weighted by molar-refractivity contribution is 7.22. The Morgan fingerprint density at radius 3 is 2.65 bits per heavy atom. The fraction of sp³-hybridized carbons (Fsp3) is 0.500. The molecule has 4 rings (SSSR count). The van der Waals surface area contributed by atoms with Crippen LogP contribution in [0, 0.1) is 5.41 Å². The van der Waals surface area contributed by atoms with Crippen LogP contribution in [0.5, 0.6) is 11.5 Å². The number of fused-ring (bicyclic) bond motifs is 3. The van der Waals surface area contributed by atoms with E-state index in [1.54, 1.807) is 0 Å². The molecule has 23 heavy (non-hydrogen) atoms. The molecule has 1 aliphatic carbocycles. The standard InChI is InChI=1S/C14H13F3N2O3S/c15-14(16,17)13(1-2-13)11(20)6-5-7-9(22-4-3-21-7)10-8(6)19-12(18)23-10/h5,11,20H,1-4H2,(H2,18,19). The molecule has 0 radical (unpaired) electrons. The second-order valence-electron chi connectivity index (χ2n) is 5.78. The summed E-state index contributed by atoms with van der Waals surface area (Å²) >= 11 is 1.11. The number of hydrogen-bond acceptors (Lipinski definition) is 6. The third kappa shape index (κ3) is 2.06. The molecule has 1 saturated carbocycles. The van der Waals surface area contributed by atoms with Crippen LogP contribution in [0.15, 0.2) is 6.07 Å². The van der Waals surface area contributed by atoms with Crippen LogP contribution in [0.25, 0.3) is 10.2 Å². The first kappa shape index (κ1) is 14.8. The van der Waals surface area contributed by atoms with Gasteiger partial charge in [-0.25, -0.2) is 4.98 Å². The maximum absolute atomic E-state index is 13.3. The van der Waals surface area contributed by atoms with Gasteiger partial charge in [0.25, 0.3) is 0 Å². The number of nitrogens with zero attached hydrogens (tertiary/aromatic N) is 1. The number of thiazole rings is 1. The molecular weight excluding hydrogens is 333 g/mol. The lowest BCUT2D eigenvalue weighted by molar-refractivity contribution is -0.215. The molecule has 1 atom stereocenters. The number of nitrogens with two attached hydrogens (primary N) is 1. The predicted molar refractivity (Wildman–Crippen MR) is 77.7 cm³/mol. The zero-order valence-corrected chi connectivity index (χ0v) is 12.6. The summed E-state index contributed by atoms with van der Waals surface area (Å²) in [7, 11) is 0. The number of benzene rings is 1. The van der Waals surface area contributed by atoms with Crippen LogP contribution in [-0.4, -0.2) is 29.5 Å². The number of aliphatic hydroxyl groups is 1. The highest BCUT2D eigenvalue weighted by atomic mass is 32.1. The second kappa shape index (κ2) is 4.64. The molecule has 9 heteroatoms. The van der Waals surface area contributed by atoms with Crippen LogP contribution in [-0.2, 0) is 0 Å². The van der Waals surface area contributed by atoms with Crippen molar-refractivity contribution >= 4 is 26.7 Å². The van der Waals surface area contributed by atoms with E-state index in [0.29, 0.717) is 29.4 Å². The SMILES string of the molecule is Nc1nc2c(C(O)C3(C(F)(F)F)CC3)cc3c(c2s1)OCCO3. The maximum Gasteiger partial charge on any atom is 0.397 e. The molecule has 0 amide bonds. The Labute approximate surface area is 132 Å². The maximum atomic E-state index is 13.3. The van der Waals surface area contributed by atoms with E-state index < -0.39 is 17.7 Å². The lowest BCUT2D eigenvalue weighted by Gasteiger charge is -2.27. The average Bonchev–Trinajstić information content (AvgIpc) is 3.22. The summed E-state index contributed by atoms with van der Waals surface area (Å²) in [6.45, 7) is 0.640. The minimum atomic E-state index is -4.48. The topological polar surface area (TPSA) is 77.6 Å². The van der Waals surface area contributed by atoms with Crippen LogP contribution in [0.3, 0.4) is 0 Å². The van der Waals surface area contributed by atoms with E-state index >= 15 is 0 Å². The van der Waals surface area contributed by atoms with Crippen molar-refractivity contribution in [2.45, 2.75) is 25.1 Å². The summed E-state index contributed by atoms with van der Waals surface area (Å²) in [5.74, 6) is 0.743. The summed E-state index contributed by atoms with van der Waals surface area (Å²) in [6, 6.07) is 1.40. The van der Waals surface area contributed by atoms with Gasteiger partial charge in [-0.1, -0.05) is 11.3 Å². The number of aromatic nitrogens is 1. The molecule has 0 spiro atoms. The van der Waals surface area contributed by atoms with E-state index in [-0.39, 0.29) is 29.1 Å². The van der Waals surface area contributed by atoms with Gasteiger partial charge in [0.15, 0.2) is 16.6 Å². The Morgan fingerprint density at radius 2 is 2.00 bits per heavy atom. The first-order valence-corrected chi connectivity index (χ1v) is 7.88. The third-order valence-electron chi connectivity index (χ3n) is 4.39. The molecule has 0 bridgehead atoms. The van der Waals surface area contributed by atoms with E-state index in [1.807, 2.05) is 0 Å². The van der Waals surface area contributed by atoms with Crippen molar-refractivity contribution in [1.82, 2.24) is 4.98 Å². The number of anilines is 1. The van der Waals surface area contributed by atoms with E-state index in [2.05, 4.69) is 4.98 Å². The Balaban J connectivity index is 1.90. The smallest absolute Gasteiger partial charge is 0.397 e. The van der Waals surface area contributed by atoms with Crippen LogP contribution in [0.2, 0.25) is 0 Å². The Hall–Kier alpha value is -1.74. The minimum absolute atomic E-state index is 0.0898.